The van der Waals surface area contributed by atoms with Crippen LogP contribution in [0.2, 0.25) is 0 Å². The maximum atomic E-state index is 12.7. The van der Waals surface area contributed by atoms with Crippen molar-refractivity contribution < 1.29 is 18.7 Å². The normalized spacial score (nSPS) is 11.3. The van der Waals surface area contributed by atoms with Crippen LogP contribution in [0.5, 0.6) is 0 Å². The Morgan fingerprint density at radius 1 is 1.40 bits per heavy atom. The molecule has 0 saturated heterocycles. The number of hydrogen-bond acceptors (Lipinski definition) is 3. The molecule has 1 aromatic carbocycles. The van der Waals surface area contributed by atoms with Crippen LogP contribution in [0.1, 0.15) is 6.92 Å². The van der Waals surface area contributed by atoms with Gasteiger partial charge in [-0.15, -0.1) is 0 Å². The number of carboxylic acid groups (broad SMARTS) is 1. The molecule has 2 N–H and O–H groups in total. The van der Waals surface area contributed by atoms with Crippen LogP contribution in [0.15, 0.2) is 23.3 Å². The first-order valence-electron chi connectivity index (χ1n) is 3.99. The molecular weight excluding hydrogens is 206 g/mol. The van der Waals surface area contributed by atoms with Crippen LogP contribution in [0.3, 0.4) is 0 Å². The molecule has 0 fully saturated rings. The van der Waals surface area contributed by atoms with Gasteiger partial charge in [-0.1, -0.05) is 0 Å². The summed E-state index contributed by atoms with van der Waals surface area (Å²) < 4.78 is 25.2. The second kappa shape index (κ2) is 4.50. The van der Waals surface area contributed by atoms with Gasteiger partial charge >= 0.3 is 5.97 Å². The van der Waals surface area contributed by atoms with Gasteiger partial charge in [0.25, 0.3) is 0 Å². The van der Waals surface area contributed by atoms with E-state index in [0.717, 1.165) is 12.1 Å². The van der Waals surface area contributed by atoms with E-state index in [4.69, 9.17) is 5.11 Å². The van der Waals surface area contributed by atoms with Crippen LogP contribution >= 0.6 is 0 Å². The molecule has 0 aromatic heterocycles. The number of nitrogens with zero attached hydrogens (tertiary/aromatic N) is 1. The lowest BCUT2D eigenvalue weighted by molar-refractivity contribution is -0.129. The molecule has 0 radical (unpaired) electrons. The van der Waals surface area contributed by atoms with Gasteiger partial charge in [-0.2, -0.15) is 5.10 Å². The van der Waals surface area contributed by atoms with Gasteiger partial charge in [0.15, 0.2) is 11.6 Å². The van der Waals surface area contributed by atoms with Gasteiger partial charge in [-0.3, -0.25) is 5.43 Å². The first kappa shape index (κ1) is 11.1. The third-order valence-electron chi connectivity index (χ3n) is 1.58. The number of carbonyl (C=O) groups is 1. The number of hydrazone groups is 1. The van der Waals surface area contributed by atoms with E-state index in [0.29, 0.717) is 0 Å². The van der Waals surface area contributed by atoms with Crippen molar-refractivity contribution in [2.24, 2.45) is 5.10 Å². The molecule has 80 valence electrons. The standard InChI is InChI=1S/C9H8F2N2O2/c1-5(9(14)15)12-13-6-2-3-7(10)8(11)4-6/h2-4,13H,1H3,(H,14,15). The van der Waals surface area contributed by atoms with Gasteiger partial charge in [0.1, 0.15) is 5.71 Å². The van der Waals surface area contributed by atoms with Gasteiger partial charge in [0.2, 0.25) is 0 Å². The number of aliphatic carboxylic acids is 1. The molecule has 1 rings (SSSR count). The van der Waals surface area contributed by atoms with E-state index in [1.54, 1.807) is 0 Å². The largest absolute Gasteiger partial charge is 0.477 e. The Bertz CT molecular complexity index is 419. The molecule has 0 aliphatic rings. The minimum Gasteiger partial charge on any atom is -0.477 e. The van der Waals surface area contributed by atoms with E-state index < -0.39 is 17.6 Å². The molecule has 0 spiro atoms. The summed E-state index contributed by atoms with van der Waals surface area (Å²) in [5.74, 6) is -3.19. The van der Waals surface area contributed by atoms with Gasteiger partial charge in [-0.05, 0) is 19.1 Å². The molecule has 1 aromatic rings. The number of anilines is 1. The third-order valence-corrected chi connectivity index (χ3v) is 1.58. The quantitative estimate of drug-likeness (QED) is 0.596. The minimum atomic E-state index is -1.19. The second-order valence-corrected chi connectivity index (χ2v) is 2.74. The van der Waals surface area contributed by atoms with E-state index in [-0.39, 0.29) is 11.4 Å². The van der Waals surface area contributed by atoms with E-state index >= 15 is 0 Å². The van der Waals surface area contributed by atoms with E-state index in [1.807, 2.05) is 0 Å². The predicted molar refractivity (Wildman–Crippen MR) is 50.7 cm³/mol. The number of rotatable bonds is 3. The Kier molecular flexibility index (Phi) is 3.33. The number of benzene rings is 1. The third kappa shape index (κ3) is 3.01. The van der Waals surface area contributed by atoms with E-state index in [9.17, 15) is 13.6 Å². The zero-order chi connectivity index (χ0) is 11.4. The summed E-state index contributed by atoms with van der Waals surface area (Å²) in [7, 11) is 0. The van der Waals surface area contributed by atoms with Crippen LogP contribution < -0.4 is 5.43 Å². The fourth-order valence-electron chi connectivity index (χ4n) is 0.762. The molecule has 15 heavy (non-hydrogen) atoms. The summed E-state index contributed by atoms with van der Waals surface area (Å²) in [4.78, 5) is 10.3. The van der Waals surface area contributed by atoms with Gasteiger partial charge in [0, 0.05) is 6.07 Å². The van der Waals surface area contributed by atoms with Crippen molar-refractivity contribution >= 4 is 17.4 Å². The summed E-state index contributed by atoms with van der Waals surface area (Å²) in [5.41, 5.74) is 2.29. The highest BCUT2D eigenvalue weighted by atomic mass is 19.2. The topological polar surface area (TPSA) is 61.7 Å². The summed E-state index contributed by atoms with van der Waals surface area (Å²) in [6, 6.07) is 3.05. The smallest absolute Gasteiger partial charge is 0.351 e. The van der Waals surface area contributed by atoms with Gasteiger partial charge in [0.05, 0.1) is 5.69 Å². The zero-order valence-electron chi connectivity index (χ0n) is 7.79. The van der Waals surface area contributed by atoms with Crippen molar-refractivity contribution in [3.63, 3.8) is 0 Å². The Hall–Kier alpha value is -1.98. The zero-order valence-corrected chi connectivity index (χ0v) is 7.79. The summed E-state index contributed by atoms with van der Waals surface area (Å²) in [6.07, 6.45) is 0. The molecule has 0 unspecified atom stereocenters. The average molecular weight is 214 g/mol. The maximum absolute atomic E-state index is 12.7. The number of halogens is 2. The molecule has 0 saturated carbocycles. The van der Waals surface area contributed by atoms with Crippen LogP contribution in [0, 0.1) is 11.6 Å². The molecular formula is C9H8F2N2O2. The highest BCUT2D eigenvalue weighted by molar-refractivity contribution is 6.34. The SMILES string of the molecule is CC(=NNc1ccc(F)c(F)c1)C(=O)O. The van der Waals surface area contributed by atoms with Crippen molar-refractivity contribution in [2.75, 3.05) is 5.43 Å². The molecule has 0 atom stereocenters. The Labute approximate surface area is 84.2 Å². The van der Waals surface area contributed by atoms with Crippen LogP contribution in [-0.4, -0.2) is 16.8 Å². The average Bonchev–Trinajstić information content (AvgIpc) is 2.19. The van der Waals surface area contributed by atoms with Crippen molar-refractivity contribution in [3.05, 3.63) is 29.8 Å². The summed E-state index contributed by atoms with van der Waals surface area (Å²) >= 11 is 0. The second-order valence-electron chi connectivity index (χ2n) is 2.74. The maximum Gasteiger partial charge on any atom is 0.351 e. The van der Waals surface area contributed by atoms with Crippen molar-refractivity contribution in [2.45, 2.75) is 6.92 Å². The fourth-order valence-corrected chi connectivity index (χ4v) is 0.762. The highest BCUT2D eigenvalue weighted by Crippen LogP contribution is 2.12. The van der Waals surface area contributed by atoms with Gasteiger partial charge in [-0.25, -0.2) is 13.6 Å². The summed E-state index contributed by atoms with van der Waals surface area (Å²) in [5, 5.41) is 11.9. The molecule has 0 aliphatic heterocycles. The molecule has 0 heterocycles. The lowest BCUT2D eigenvalue weighted by atomic mass is 10.3. The Balaban J connectivity index is 2.78. The predicted octanol–water partition coefficient (Wildman–Crippen LogP) is 1.84. The van der Waals surface area contributed by atoms with Crippen molar-refractivity contribution in [3.8, 4) is 0 Å². The Morgan fingerprint density at radius 2 is 2.07 bits per heavy atom. The highest BCUT2D eigenvalue weighted by Gasteiger charge is 2.03. The first-order valence-corrected chi connectivity index (χ1v) is 3.99. The fraction of sp³-hybridized carbons (Fsp3) is 0.111. The molecule has 0 bridgehead atoms. The minimum absolute atomic E-state index is 0.175. The first-order chi connectivity index (χ1) is 7.00. The lowest BCUT2D eigenvalue weighted by Gasteiger charge is -2.01. The number of hydrogen-bond donors (Lipinski definition) is 2. The van der Waals surface area contributed by atoms with E-state index in [2.05, 4.69) is 10.5 Å². The molecule has 0 amide bonds. The molecule has 4 nitrogen and oxygen atoms in total. The van der Waals surface area contributed by atoms with Crippen LogP contribution in [0.25, 0.3) is 0 Å². The summed E-state index contributed by atoms with van der Waals surface area (Å²) in [6.45, 7) is 1.27. The van der Waals surface area contributed by atoms with Crippen LogP contribution in [-0.2, 0) is 4.79 Å². The number of nitrogens with one attached hydrogen (secondary N) is 1. The van der Waals surface area contributed by atoms with Crippen molar-refractivity contribution in [1.82, 2.24) is 0 Å². The van der Waals surface area contributed by atoms with Gasteiger partial charge < -0.3 is 5.11 Å². The molecule has 6 heteroatoms. The molecule has 0 aliphatic carbocycles. The lowest BCUT2D eigenvalue weighted by Crippen LogP contribution is -2.10. The number of carboxylic acids is 1. The van der Waals surface area contributed by atoms with E-state index in [1.165, 1.54) is 13.0 Å². The monoisotopic (exact) mass is 214 g/mol. The van der Waals surface area contributed by atoms with Crippen molar-refractivity contribution in [1.29, 1.82) is 0 Å². The van der Waals surface area contributed by atoms with Crippen LogP contribution in [0.4, 0.5) is 14.5 Å². The Morgan fingerprint density at radius 3 is 2.60 bits per heavy atom.